The second kappa shape index (κ2) is 4.97. The van der Waals surface area contributed by atoms with Crippen LogP contribution in [0.5, 0.6) is 0 Å². The molecule has 0 unspecified atom stereocenters. The number of hydrogen-bond acceptors (Lipinski definition) is 2. The first kappa shape index (κ1) is 12.9. The van der Waals surface area contributed by atoms with Crippen LogP contribution in [-0.4, -0.2) is 48.9 Å². The van der Waals surface area contributed by atoms with Gasteiger partial charge in [-0.2, -0.15) is 0 Å². The normalized spacial score (nSPS) is 27.1. The maximum atomic E-state index is 8.38. The molecule has 0 aromatic heterocycles. The third-order valence-electron chi connectivity index (χ3n) is 4.57. The molecule has 1 saturated carbocycles. The number of piperazine rings is 1. The van der Waals surface area contributed by atoms with Gasteiger partial charge in [-0.15, -0.1) is 0 Å². The Balaban J connectivity index is 1.84. The number of hydrogen-bond donors (Lipinski definition) is 1. The van der Waals surface area contributed by atoms with E-state index in [1.54, 1.807) is 0 Å². The van der Waals surface area contributed by atoms with E-state index in [4.69, 9.17) is 5.41 Å². The van der Waals surface area contributed by atoms with Crippen molar-refractivity contribution in [3.05, 3.63) is 0 Å². The molecule has 0 amide bonds. The molecule has 0 bridgehead atoms. The standard InChI is InChI=1S/C14H27N3/c1-14(2)6-4-12(5-7-14)13(15)17-10-8-16(3)9-11-17/h12,15H,4-11H2,1-3H3. The molecular formula is C14H27N3. The lowest BCUT2D eigenvalue weighted by Crippen LogP contribution is -2.49. The van der Waals surface area contributed by atoms with Crippen LogP contribution in [0, 0.1) is 16.7 Å². The van der Waals surface area contributed by atoms with E-state index >= 15 is 0 Å². The van der Waals surface area contributed by atoms with Gasteiger partial charge < -0.3 is 9.80 Å². The van der Waals surface area contributed by atoms with Crippen molar-refractivity contribution in [1.29, 1.82) is 5.41 Å². The molecule has 3 nitrogen and oxygen atoms in total. The summed E-state index contributed by atoms with van der Waals surface area (Å²) in [6.07, 6.45) is 5.01. The molecule has 0 spiro atoms. The summed E-state index contributed by atoms with van der Waals surface area (Å²) < 4.78 is 0. The summed E-state index contributed by atoms with van der Waals surface area (Å²) in [5, 5.41) is 8.38. The number of amidine groups is 1. The zero-order chi connectivity index (χ0) is 12.5. The lowest BCUT2D eigenvalue weighted by atomic mass is 9.72. The topological polar surface area (TPSA) is 30.3 Å². The van der Waals surface area contributed by atoms with E-state index in [0.29, 0.717) is 11.3 Å². The van der Waals surface area contributed by atoms with Crippen molar-refractivity contribution in [3.8, 4) is 0 Å². The predicted octanol–water partition coefficient (Wildman–Crippen LogP) is 2.43. The minimum atomic E-state index is 0.513. The Morgan fingerprint density at radius 3 is 2.12 bits per heavy atom. The monoisotopic (exact) mass is 237 g/mol. The second-order valence-electron chi connectivity index (χ2n) is 6.61. The average Bonchev–Trinajstić information content (AvgIpc) is 2.29. The largest absolute Gasteiger partial charge is 0.358 e. The Hall–Kier alpha value is -0.570. The van der Waals surface area contributed by atoms with Crippen LogP contribution < -0.4 is 0 Å². The number of likely N-dealkylation sites (N-methyl/N-ethyl adjacent to an activating group) is 1. The van der Waals surface area contributed by atoms with Crippen LogP contribution in [0.2, 0.25) is 0 Å². The van der Waals surface area contributed by atoms with Crippen LogP contribution in [0.1, 0.15) is 39.5 Å². The maximum absolute atomic E-state index is 8.38. The Bertz CT molecular complexity index is 267. The van der Waals surface area contributed by atoms with E-state index in [1.807, 2.05) is 0 Å². The van der Waals surface area contributed by atoms with Crippen LogP contribution in [0.15, 0.2) is 0 Å². The van der Waals surface area contributed by atoms with Crippen LogP contribution in [0.4, 0.5) is 0 Å². The summed E-state index contributed by atoms with van der Waals surface area (Å²) >= 11 is 0. The minimum Gasteiger partial charge on any atom is -0.358 e. The number of rotatable bonds is 1. The molecular weight excluding hydrogens is 210 g/mol. The fourth-order valence-corrected chi connectivity index (χ4v) is 2.98. The van der Waals surface area contributed by atoms with Gasteiger partial charge in [0.05, 0.1) is 5.84 Å². The Kier molecular flexibility index (Phi) is 3.76. The Morgan fingerprint density at radius 1 is 1.06 bits per heavy atom. The van der Waals surface area contributed by atoms with Gasteiger partial charge in [0.1, 0.15) is 0 Å². The van der Waals surface area contributed by atoms with E-state index in [2.05, 4.69) is 30.7 Å². The first-order chi connectivity index (χ1) is 7.98. The lowest BCUT2D eigenvalue weighted by molar-refractivity contribution is 0.185. The third kappa shape index (κ3) is 3.21. The van der Waals surface area contributed by atoms with Crippen molar-refractivity contribution < 1.29 is 0 Å². The van der Waals surface area contributed by atoms with Gasteiger partial charge in [-0.3, -0.25) is 5.41 Å². The summed E-state index contributed by atoms with van der Waals surface area (Å²) in [6.45, 7) is 9.05. The molecule has 0 atom stereocenters. The zero-order valence-corrected chi connectivity index (χ0v) is 11.6. The van der Waals surface area contributed by atoms with Gasteiger partial charge >= 0.3 is 0 Å². The lowest BCUT2D eigenvalue weighted by Gasteiger charge is -2.40. The highest BCUT2D eigenvalue weighted by Gasteiger charge is 2.31. The summed E-state index contributed by atoms with van der Waals surface area (Å²) in [4.78, 5) is 4.66. The molecule has 2 rings (SSSR count). The predicted molar refractivity (Wildman–Crippen MR) is 72.5 cm³/mol. The molecule has 2 aliphatic rings. The van der Waals surface area contributed by atoms with E-state index in [1.165, 1.54) is 25.7 Å². The molecule has 1 aliphatic heterocycles. The highest BCUT2D eigenvalue weighted by atomic mass is 15.3. The average molecular weight is 237 g/mol. The number of nitrogens with zero attached hydrogens (tertiary/aromatic N) is 2. The van der Waals surface area contributed by atoms with E-state index < -0.39 is 0 Å². The molecule has 1 aliphatic carbocycles. The third-order valence-corrected chi connectivity index (χ3v) is 4.57. The van der Waals surface area contributed by atoms with Gasteiger partial charge in [-0.1, -0.05) is 13.8 Å². The molecule has 3 heteroatoms. The molecule has 0 aromatic rings. The van der Waals surface area contributed by atoms with E-state index in [-0.39, 0.29) is 0 Å². The molecule has 1 N–H and O–H groups in total. The van der Waals surface area contributed by atoms with Crippen LogP contribution >= 0.6 is 0 Å². The quantitative estimate of drug-likeness (QED) is 0.561. The molecule has 1 heterocycles. The van der Waals surface area contributed by atoms with Crippen molar-refractivity contribution in [2.45, 2.75) is 39.5 Å². The molecule has 2 fully saturated rings. The van der Waals surface area contributed by atoms with Gasteiger partial charge in [0.2, 0.25) is 0 Å². The molecule has 0 radical (unpaired) electrons. The van der Waals surface area contributed by atoms with Gasteiger partial charge in [0.15, 0.2) is 0 Å². The smallest absolute Gasteiger partial charge is 0.0990 e. The molecule has 0 aromatic carbocycles. The first-order valence-electron chi connectivity index (χ1n) is 7.00. The van der Waals surface area contributed by atoms with Gasteiger partial charge in [-0.25, -0.2) is 0 Å². The summed E-state index contributed by atoms with van der Waals surface area (Å²) in [5.74, 6) is 1.46. The van der Waals surface area contributed by atoms with Gasteiger partial charge in [-0.05, 0) is 38.1 Å². The fourth-order valence-electron chi connectivity index (χ4n) is 2.98. The summed E-state index contributed by atoms with van der Waals surface area (Å²) in [6, 6.07) is 0. The molecule has 1 saturated heterocycles. The highest BCUT2D eigenvalue weighted by Crippen LogP contribution is 2.38. The van der Waals surface area contributed by atoms with Gasteiger partial charge in [0.25, 0.3) is 0 Å². The summed E-state index contributed by atoms with van der Waals surface area (Å²) in [5.41, 5.74) is 0.513. The maximum Gasteiger partial charge on any atom is 0.0990 e. The van der Waals surface area contributed by atoms with Crippen molar-refractivity contribution >= 4 is 5.84 Å². The van der Waals surface area contributed by atoms with Crippen LogP contribution in [0.25, 0.3) is 0 Å². The first-order valence-corrected chi connectivity index (χ1v) is 7.00. The SMILES string of the molecule is CN1CCN(C(=N)C2CCC(C)(C)CC2)CC1. The molecule has 17 heavy (non-hydrogen) atoms. The summed E-state index contributed by atoms with van der Waals surface area (Å²) in [7, 11) is 2.17. The fraction of sp³-hybridized carbons (Fsp3) is 0.929. The number of nitrogens with one attached hydrogen (secondary N) is 1. The van der Waals surface area contributed by atoms with E-state index in [0.717, 1.165) is 32.0 Å². The van der Waals surface area contributed by atoms with Crippen LogP contribution in [0.3, 0.4) is 0 Å². The Morgan fingerprint density at radius 2 is 1.59 bits per heavy atom. The van der Waals surface area contributed by atoms with Gasteiger partial charge in [0, 0.05) is 32.1 Å². The van der Waals surface area contributed by atoms with Crippen molar-refractivity contribution in [2.75, 3.05) is 33.2 Å². The van der Waals surface area contributed by atoms with Crippen molar-refractivity contribution in [3.63, 3.8) is 0 Å². The Labute approximate surface area is 106 Å². The minimum absolute atomic E-state index is 0.513. The molecule has 98 valence electrons. The van der Waals surface area contributed by atoms with Crippen LogP contribution in [-0.2, 0) is 0 Å². The zero-order valence-electron chi connectivity index (χ0n) is 11.6. The second-order valence-corrected chi connectivity index (χ2v) is 6.61. The highest BCUT2D eigenvalue weighted by molar-refractivity contribution is 5.81. The van der Waals surface area contributed by atoms with Crippen molar-refractivity contribution in [1.82, 2.24) is 9.80 Å². The van der Waals surface area contributed by atoms with E-state index in [9.17, 15) is 0 Å². The van der Waals surface area contributed by atoms with Crippen molar-refractivity contribution in [2.24, 2.45) is 11.3 Å².